The molecule has 0 spiro atoms. The number of hydrogen-bond acceptors (Lipinski definition) is 3. The highest BCUT2D eigenvalue weighted by atomic mass is 16.5. The second-order valence-corrected chi connectivity index (χ2v) is 4.46. The van der Waals surface area contributed by atoms with Gasteiger partial charge >= 0.3 is 0 Å². The number of methoxy groups -OCH3 is 1. The van der Waals surface area contributed by atoms with Gasteiger partial charge in [-0.25, -0.2) is 0 Å². The second-order valence-electron chi connectivity index (χ2n) is 4.46. The smallest absolute Gasteiger partial charge is 0.257 e. The maximum Gasteiger partial charge on any atom is 0.257 e. The number of nitrogens with zero attached hydrogens (tertiary/aromatic N) is 1. The molecule has 0 atom stereocenters. The van der Waals surface area contributed by atoms with Gasteiger partial charge in [0.1, 0.15) is 5.75 Å². The monoisotopic (exact) mass is 264 g/mol. The highest BCUT2D eigenvalue weighted by Crippen LogP contribution is 2.21. The summed E-state index contributed by atoms with van der Waals surface area (Å²) in [5.74, 6) is 0.608. The van der Waals surface area contributed by atoms with Gasteiger partial charge in [0.15, 0.2) is 0 Å². The molecule has 0 aliphatic carbocycles. The number of hydrogen-bond donors (Lipinski definition) is 1. The van der Waals surface area contributed by atoms with Crippen molar-refractivity contribution >= 4 is 5.91 Å². The summed E-state index contributed by atoms with van der Waals surface area (Å²) < 4.78 is 5.26. The average molecular weight is 264 g/mol. The Morgan fingerprint density at radius 2 is 1.95 bits per heavy atom. The Labute approximate surface area is 115 Å². The third kappa shape index (κ3) is 3.70. The number of amides is 1. The van der Waals surface area contributed by atoms with Gasteiger partial charge in [-0.15, -0.1) is 0 Å². The quantitative estimate of drug-likeness (QED) is 0.822. The summed E-state index contributed by atoms with van der Waals surface area (Å²) in [4.78, 5) is 14.5. The zero-order chi connectivity index (χ0) is 14.3. The molecule has 1 aromatic rings. The fourth-order valence-electron chi connectivity index (χ4n) is 2.29. The molecule has 106 valence electrons. The first-order valence-electron chi connectivity index (χ1n) is 6.83. The number of ether oxygens (including phenoxy) is 1. The summed E-state index contributed by atoms with van der Waals surface area (Å²) in [5, 5.41) is 0. The first-order chi connectivity index (χ1) is 9.19. The van der Waals surface area contributed by atoms with E-state index in [1.54, 1.807) is 19.2 Å². The van der Waals surface area contributed by atoms with Crippen molar-refractivity contribution in [2.75, 3.05) is 20.2 Å². The van der Waals surface area contributed by atoms with Crippen molar-refractivity contribution in [3.05, 3.63) is 29.8 Å². The van der Waals surface area contributed by atoms with Crippen LogP contribution in [0, 0.1) is 0 Å². The van der Waals surface area contributed by atoms with Crippen LogP contribution in [-0.4, -0.2) is 37.0 Å². The van der Waals surface area contributed by atoms with Crippen molar-refractivity contribution in [2.45, 2.75) is 32.7 Å². The van der Waals surface area contributed by atoms with Crippen LogP contribution in [-0.2, 0) is 0 Å². The molecule has 1 amide bonds. The molecule has 2 N–H and O–H groups in total. The molecule has 1 aromatic carbocycles. The van der Waals surface area contributed by atoms with Crippen molar-refractivity contribution in [3.63, 3.8) is 0 Å². The lowest BCUT2D eigenvalue weighted by Gasteiger charge is -2.30. The molecular formula is C15H24N2O2. The van der Waals surface area contributed by atoms with Crippen molar-refractivity contribution in [1.82, 2.24) is 4.90 Å². The summed E-state index contributed by atoms with van der Waals surface area (Å²) in [5.41, 5.74) is 6.24. The van der Waals surface area contributed by atoms with E-state index < -0.39 is 0 Å². The van der Waals surface area contributed by atoms with Crippen LogP contribution in [0.5, 0.6) is 5.75 Å². The Kier molecular flexibility index (Phi) is 6.36. The van der Waals surface area contributed by atoms with Crippen LogP contribution in [0.15, 0.2) is 24.3 Å². The van der Waals surface area contributed by atoms with Crippen LogP contribution in [0.4, 0.5) is 0 Å². The molecule has 0 saturated carbocycles. The molecule has 0 radical (unpaired) electrons. The molecule has 0 bridgehead atoms. The summed E-state index contributed by atoms with van der Waals surface area (Å²) >= 11 is 0. The topological polar surface area (TPSA) is 55.6 Å². The molecule has 0 aliphatic rings. The van der Waals surface area contributed by atoms with E-state index in [-0.39, 0.29) is 11.9 Å². The van der Waals surface area contributed by atoms with Crippen LogP contribution >= 0.6 is 0 Å². The van der Waals surface area contributed by atoms with Crippen molar-refractivity contribution in [3.8, 4) is 5.75 Å². The molecule has 0 fully saturated rings. The van der Waals surface area contributed by atoms with E-state index in [1.807, 2.05) is 17.0 Å². The van der Waals surface area contributed by atoms with Crippen LogP contribution in [0.25, 0.3) is 0 Å². The molecule has 4 nitrogen and oxygen atoms in total. The van der Waals surface area contributed by atoms with E-state index in [0.717, 1.165) is 12.8 Å². The van der Waals surface area contributed by atoms with E-state index in [1.165, 1.54) is 0 Å². The SMILES string of the molecule is CCC(CC)N(CCN)C(=O)c1ccccc1OC. The molecular weight excluding hydrogens is 240 g/mol. The molecule has 0 unspecified atom stereocenters. The summed E-state index contributed by atoms with van der Waals surface area (Å²) in [6, 6.07) is 7.54. The number of carbonyl (C=O) groups excluding carboxylic acids is 1. The maximum absolute atomic E-state index is 12.7. The molecule has 0 aliphatic heterocycles. The van der Waals surface area contributed by atoms with Gasteiger partial charge in [0.05, 0.1) is 12.7 Å². The summed E-state index contributed by atoms with van der Waals surface area (Å²) in [6.45, 7) is 5.22. The van der Waals surface area contributed by atoms with Crippen LogP contribution < -0.4 is 10.5 Å². The van der Waals surface area contributed by atoms with E-state index in [4.69, 9.17) is 10.5 Å². The zero-order valence-corrected chi connectivity index (χ0v) is 12.1. The third-order valence-corrected chi connectivity index (χ3v) is 3.35. The highest BCUT2D eigenvalue weighted by molar-refractivity contribution is 5.97. The molecule has 1 rings (SSSR count). The minimum absolute atomic E-state index is 0.00315. The van der Waals surface area contributed by atoms with Gasteiger partial charge in [-0.3, -0.25) is 4.79 Å². The molecule has 4 heteroatoms. The van der Waals surface area contributed by atoms with E-state index in [0.29, 0.717) is 24.4 Å². The number of benzene rings is 1. The first kappa shape index (κ1) is 15.5. The standard InChI is InChI=1S/C15H24N2O2/c1-4-12(5-2)17(11-10-16)15(18)13-8-6-7-9-14(13)19-3/h6-9,12H,4-5,10-11,16H2,1-3H3. The molecule has 19 heavy (non-hydrogen) atoms. The fourth-order valence-corrected chi connectivity index (χ4v) is 2.29. The van der Waals surface area contributed by atoms with E-state index >= 15 is 0 Å². The molecule has 0 saturated heterocycles. The zero-order valence-electron chi connectivity index (χ0n) is 12.1. The summed E-state index contributed by atoms with van der Waals surface area (Å²) in [7, 11) is 1.58. The van der Waals surface area contributed by atoms with Crippen LogP contribution in [0.2, 0.25) is 0 Å². The Morgan fingerprint density at radius 3 is 2.47 bits per heavy atom. The van der Waals surface area contributed by atoms with Crippen molar-refractivity contribution in [1.29, 1.82) is 0 Å². The van der Waals surface area contributed by atoms with Gasteiger partial charge in [0.2, 0.25) is 0 Å². The first-order valence-corrected chi connectivity index (χ1v) is 6.83. The van der Waals surface area contributed by atoms with Crippen molar-refractivity contribution in [2.24, 2.45) is 5.73 Å². The van der Waals surface area contributed by atoms with Crippen LogP contribution in [0.1, 0.15) is 37.0 Å². The van der Waals surface area contributed by atoms with Crippen molar-refractivity contribution < 1.29 is 9.53 Å². The number of para-hydroxylation sites is 1. The lowest BCUT2D eigenvalue weighted by Crippen LogP contribution is -2.42. The predicted molar refractivity (Wildman–Crippen MR) is 77.5 cm³/mol. The number of carbonyl (C=O) groups is 1. The average Bonchev–Trinajstić information content (AvgIpc) is 2.46. The molecule has 0 heterocycles. The second kappa shape index (κ2) is 7.79. The lowest BCUT2D eigenvalue weighted by atomic mass is 10.1. The fraction of sp³-hybridized carbons (Fsp3) is 0.533. The largest absolute Gasteiger partial charge is 0.496 e. The number of nitrogens with two attached hydrogens (primary N) is 1. The third-order valence-electron chi connectivity index (χ3n) is 3.35. The van der Waals surface area contributed by atoms with E-state index in [2.05, 4.69) is 13.8 Å². The normalized spacial score (nSPS) is 10.6. The number of rotatable bonds is 7. The molecule has 0 aromatic heterocycles. The predicted octanol–water partition coefficient (Wildman–Crippen LogP) is 2.28. The lowest BCUT2D eigenvalue weighted by molar-refractivity contribution is 0.0671. The van der Waals surface area contributed by atoms with Gasteiger partial charge in [0.25, 0.3) is 5.91 Å². The Hall–Kier alpha value is -1.55. The highest BCUT2D eigenvalue weighted by Gasteiger charge is 2.23. The van der Waals surface area contributed by atoms with Gasteiger partial charge in [-0.2, -0.15) is 0 Å². The Balaban J connectivity index is 3.04. The minimum atomic E-state index is -0.00315. The minimum Gasteiger partial charge on any atom is -0.496 e. The Morgan fingerprint density at radius 1 is 1.32 bits per heavy atom. The Bertz CT molecular complexity index is 403. The van der Waals surface area contributed by atoms with Crippen LogP contribution in [0.3, 0.4) is 0 Å². The van der Waals surface area contributed by atoms with Gasteiger partial charge in [0, 0.05) is 19.1 Å². The van der Waals surface area contributed by atoms with Gasteiger partial charge in [-0.1, -0.05) is 26.0 Å². The maximum atomic E-state index is 12.7. The van der Waals surface area contributed by atoms with Gasteiger partial charge < -0.3 is 15.4 Å². The van der Waals surface area contributed by atoms with E-state index in [9.17, 15) is 4.79 Å². The summed E-state index contributed by atoms with van der Waals surface area (Å²) in [6.07, 6.45) is 1.86. The van der Waals surface area contributed by atoms with Gasteiger partial charge in [-0.05, 0) is 25.0 Å².